The SMILES string of the molecule is CC(NS(=O)(=O)c1ccccc1)C(=O)NC(C)C12CC3CC(CC(C3)C1)C2. The van der Waals surface area contributed by atoms with Crippen molar-refractivity contribution >= 4 is 15.9 Å². The lowest BCUT2D eigenvalue weighted by molar-refractivity contribution is -0.127. The van der Waals surface area contributed by atoms with Crippen LogP contribution >= 0.6 is 0 Å². The third-order valence-corrected chi connectivity index (χ3v) is 8.70. The smallest absolute Gasteiger partial charge is 0.241 e. The molecule has 4 aliphatic carbocycles. The van der Waals surface area contributed by atoms with Gasteiger partial charge in [-0.1, -0.05) is 18.2 Å². The molecule has 4 bridgehead atoms. The maximum Gasteiger partial charge on any atom is 0.241 e. The van der Waals surface area contributed by atoms with Gasteiger partial charge in [-0.25, -0.2) is 8.42 Å². The van der Waals surface area contributed by atoms with E-state index >= 15 is 0 Å². The highest BCUT2D eigenvalue weighted by Crippen LogP contribution is 2.61. The zero-order valence-corrected chi connectivity index (χ0v) is 17.0. The average molecular weight is 391 g/mol. The summed E-state index contributed by atoms with van der Waals surface area (Å²) in [7, 11) is -3.70. The van der Waals surface area contributed by atoms with Gasteiger partial charge in [0.25, 0.3) is 0 Å². The van der Waals surface area contributed by atoms with E-state index < -0.39 is 16.1 Å². The molecule has 27 heavy (non-hydrogen) atoms. The Balaban J connectivity index is 1.40. The minimum atomic E-state index is -3.70. The fourth-order valence-corrected chi connectivity index (χ4v) is 7.38. The first kappa shape index (κ1) is 18.9. The van der Waals surface area contributed by atoms with Crippen molar-refractivity contribution in [1.29, 1.82) is 0 Å². The van der Waals surface area contributed by atoms with Gasteiger partial charge >= 0.3 is 0 Å². The molecule has 4 saturated carbocycles. The number of carbonyl (C=O) groups excluding carboxylic acids is 1. The monoisotopic (exact) mass is 390 g/mol. The molecular formula is C21H30N2O3S. The number of carbonyl (C=O) groups is 1. The van der Waals surface area contributed by atoms with Crippen molar-refractivity contribution in [2.24, 2.45) is 23.2 Å². The minimum Gasteiger partial charge on any atom is -0.352 e. The van der Waals surface area contributed by atoms with Gasteiger partial charge < -0.3 is 5.32 Å². The molecule has 4 fully saturated rings. The molecule has 148 valence electrons. The number of benzene rings is 1. The summed E-state index contributed by atoms with van der Waals surface area (Å²) in [4.78, 5) is 12.9. The number of amides is 1. The molecule has 5 nitrogen and oxygen atoms in total. The molecule has 2 atom stereocenters. The van der Waals surface area contributed by atoms with Crippen LogP contribution in [0.1, 0.15) is 52.4 Å². The molecule has 0 aromatic heterocycles. The molecule has 1 aromatic rings. The maximum atomic E-state index is 12.7. The van der Waals surface area contributed by atoms with Crippen molar-refractivity contribution in [2.75, 3.05) is 0 Å². The third kappa shape index (κ3) is 3.66. The van der Waals surface area contributed by atoms with E-state index in [1.54, 1.807) is 25.1 Å². The van der Waals surface area contributed by atoms with E-state index in [2.05, 4.69) is 17.0 Å². The van der Waals surface area contributed by atoms with Crippen LogP contribution in [0.2, 0.25) is 0 Å². The molecule has 0 aliphatic heterocycles. The molecule has 1 amide bonds. The van der Waals surface area contributed by atoms with Crippen molar-refractivity contribution in [2.45, 2.75) is 69.4 Å². The van der Waals surface area contributed by atoms with E-state index in [4.69, 9.17) is 0 Å². The van der Waals surface area contributed by atoms with Crippen LogP contribution < -0.4 is 10.0 Å². The van der Waals surface area contributed by atoms with E-state index in [-0.39, 0.29) is 22.3 Å². The van der Waals surface area contributed by atoms with E-state index in [1.165, 1.54) is 50.7 Å². The summed E-state index contributed by atoms with van der Waals surface area (Å²) in [6.07, 6.45) is 7.74. The molecule has 0 heterocycles. The van der Waals surface area contributed by atoms with Crippen LogP contribution in [0.5, 0.6) is 0 Å². The first-order valence-electron chi connectivity index (χ1n) is 10.2. The highest BCUT2D eigenvalue weighted by molar-refractivity contribution is 7.89. The van der Waals surface area contributed by atoms with Crippen LogP contribution in [0.4, 0.5) is 0 Å². The van der Waals surface area contributed by atoms with Gasteiger partial charge in [0.15, 0.2) is 0 Å². The van der Waals surface area contributed by atoms with Gasteiger partial charge in [-0.2, -0.15) is 4.72 Å². The Morgan fingerprint density at radius 1 is 1.00 bits per heavy atom. The minimum absolute atomic E-state index is 0.0853. The number of hydrogen-bond donors (Lipinski definition) is 2. The largest absolute Gasteiger partial charge is 0.352 e. The van der Waals surface area contributed by atoms with Gasteiger partial charge in [0.2, 0.25) is 15.9 Å². The van der Waals surface area contributed by atoms with Crippen molar-refractivity contribution in [3.63, 3.8) is 0 Å². The molecule has 6 heteroatoms. The normalized spacial score (nSPS) is 34.2. The summed E-state index contributed by atoms with van der Waals surface area (Å²) in [6.45, 7) is 3.73. The molecule has 1 aromatic carbocycles. The number of hydrogen-bond acceptors (Lipinski definition) is 3. The van der Waals surface area contributed by atoms with Crippen molar-refractivity contribution < 1.29 is 13.2 Å². The summed E-state index contributed by atoms with van der Waals surface area (Å²) in [6, 6.07) is 7.47. The molecule has 0 spiro atoms. The lowest BCUT2D eigenvalue weighted by Crippen LogP contribution is -2.58. The average Bonchev–Trinajstić information content (AvgIpc) is 2.61. The van der Waals surface area contributed by atoms with Crippen LogP contribution in [0.25, 0.3) is 0 Å². The standard InChI is InChI=1S/C21H30N2O3S/c1-14(23-27(25,26)19-6-4-3-5-7-19)20(24)22-15(2)21-11-16-8-17(12-21)10-18(9-16)13-21/h3-7,14-18,23H,8-13H2,1-2H3,(H,22,24). The van der Waals surface area contributed by atoms with Crippen LogP contribution in [-0.4, -0.2) is 26.4 Å². The highest BCUT2D eigenvalue weighted by Gasteiger charge is 2.53. The Morgan fingerprint density at radius 3 is 2.04 bits per heavy atom. The summed E-state index contributed by atoms with van der Waals surface area (Å²) >= 11 is 0. The van der Waals surface area contributed by atoms with Gasteiger partial charge in [-0.3, -0.25) is 4.79 Å². The molecule has 4 aliphatic rings. The Kier molecular flexibility index (Phi) is 4.83. The van der Waals surface area contributed by atoms with Crippen molar-refractivity contribution in [3.8, 4) is 0 Å². The third-order valence-electron chi connectivity index (χ3n) is 7.14. The van der Waals surface area contributed by atoms with Crippen molar-refractivity contribution in [1.82, 2.24) is 10.0 Å². The molecule has 0 radical (unpaired) electrons. The Bertz CT molecular complexity index is 771. The summed E-state index contributed by atoms with van der Waals surface area (Å²) in [5, 5.41) is 3.14. The fourth-order valence-electron chi connectivity index (χ4n) is 6.15. The zero-order valence-electron chi connectivity index (χ0n) is 16.1. The number of nitrogens with one attached hydrogen (secondary N) is 2. The maximum absolute atomic E-state index is 12.7. The molecular weight excluding hydrogens is 360 g/mol. The van der Waals surface area contributed by atoms with Crippen LogP contribution in [0.3, 0.4) is 0 Å². The van der Waals surface area contributed by atoms with Gasteiger partial charge in [0, 0.05) is 6.04 Å². The second-order valence-electron chi connectivity index (χ2n) is 9.17. The van der Waals surface area contributed by atoms with Gasteiger partial charge in [-0.05, 0) is 87.7 Å². The fraction of sp³-hybridized carbons (Fsp3) is 0.667. The van der Waals surface area contributed by atoms with Crippen LogP contribution in [0, 0.1) is 23.2 Å². The van der Waals surface area contributed by atoms with E-state index in [1.807, 2.05) is 0 Å². The first-order chi connectivity index (χ1) is 12.8. The van der Waals surface area contributed by atoms with Gasteiger partial charge in [-0.15, -0.1) is 0 Å². The number of rotatable bonds is 6. The highest BCUT2D eigenvalue weighted by atomic mass is 32.2. The lowest BCUT2D eigenvalue weighted by Gasteiger charge is -2.59. The van der Waals surface area contributed by atoms with Crippen molar-refractivity contribution in [3.05, 3.63) is 30.3 Å². The second kappa shape index (κ2) is 6.89. The zero-order chi connectivity index (χ0) is 19.2. The van der Waals surface area contributed by atoms with Gasteiger partial charge in [0.1, 0.15) is 0 Å². The van der Waals surface area contributed by atoms with Crippen LogP contribution in [-0.2, 0) is 14.8 Å². The Morgan fingerprint density at radius 2 is 1.52 bits per heavy atom. The molecule has 2 N–H and O–H groups in total. The first-order valence-corrected chi connectivity index (χ1v) is 11.6. The lowest BCUT2D eigenvalue weighted by atomic mass is 9.48. The Hall–Kier alpha value is -1.40. The summed E-state index contributed by atoms with van der Waals surface area (Å²) in [5.74, 6) is 2.23. The predicted octanol–water partition coefficient (Wildman–Crippen LogP) is 3.07. The molecule has 2 unspecified atom stereocenters. The molecule has 0 saturated heterocycles. The van der Waals surface area contributed by atoms with E-state index in [0.29, 0.717) is 0 Å². The topological polar surface area (TPSA) is 75.3 Å². The van der Waals surface area contributed by atoms with Crippen LogP contribution in [0.15, 0.2) is 35.2 Å². The van der Waals surface area contributed by atoms with E-state index in [9.17, 15) is 13.2 Å². The Labute approximate surface area is 162 Å². The quantitative estimate of drug-likeness (QED) is 0.784. The predicted molar refractivity (Wildman–Crippen MR) is 104 cm³/mol. The molecule has 5 rings (SSSR count). The second-order valence-corrected chi connectivity index (χ2v) is 10.9. The van der Waals surface area contributed by atoms with Gasteiger partial charge in [0.05, 0.1) is 10.9 Å². The summed E-state index contributed by atoms with van der Waals surface area (Å²) < 4.78 is 27.4. The van der Waals surface area contributed by atoms with E-state index in [0.717, 1.165) is 17.8 Å². The number of sulfonamides is 1. The summed E-state index contributed by atoms with van der Waals surface area (Å²) in [5.41, 5.74) is 0.211.